The summed E-state index contributed by atoms with van der Waals surface area (Å²) in [5.41, 5.74) is -0.583. The average molecular weight is 289 g/mol. The molecular weight excluding hydrogens is 265 g/mol. The van der Waals surface area contributed by atoms with E-state index in [2.05, 4.69) is 0 Å². The van der Waals surface area contributed by atoms with Crippen LogP contribution in [0.15, 0.2) is 0 Å². The summed E-state index contributed by atoms with van der Waals surface area (Å²) in [7, 11) is 0. The first kappa shape index (κ1) is 16.7. The number of amides is 1. The van der Waals surface area contributed by atoms with Crippen LogP contribution in [0.4, 0.5) is 9.18 Å². The monoisotopic (exact) mass is 289 g/mol. The number of esters is 1. The molecule has 0 spiro atoms. The van der Waals surface area contributed by atoms with Gasteiger partial charge in [0.15, 0.2) is 0 Å². The maximum Gasteiger partial charge on any atom is 0.410 e. The second-order valence-corrected chi connectivity index (χ2v) is 6.00. The van der Waals surface area contributed by atoms with Crippen LogP contribution >= 0.6 is 0 Å². The van der Waals surface area contributed by atoms with Crippen LogP contribution in [-0.4, -0.2) is 48.4 Å². The van der Waals surface area contributed by atoms with Crippen LogP contribution in [0.1, 0.15) is 40.5 Å². The molecule has 0 radical (unpaired) electrons. The van der Waals surface area contributed by atoms with Gasteiger partial charge in [0.2, 0.25) is 0 Å². The summed E-state index contributed by atoms with van der Waals surface area (Å²) in [4.78, 5) is 24.8. The average Bonchev–Trinajstić information content (AvgIpc) is 2.30. The number of carbonyl (C=O) groups is 2. The third-order valence-corrected chi connectivity index (χ3v) is 3.03. The Hall–Kier alpha value is -1.33. The summed E-state index contributed by atoms with van der Waals surface area (Å²) < 4.78 is 23.9. The van der Waals surface area contributed by atoms with Crippen LogP contribution in [0.3, 0.4) is 0 Å². The third kappa shape index (κ3) is 5.35. The number of hydrogen-bond donors (Lipinski definition) is 0. The summed E-state index contributed by atoms with van der Waals surface area (Å²) in [6.45, 7) is 7.83. The van der Waals surface area contributed by atoms with Crippen LogP contribution in [0.25, 0.3) is 0 Å². The summed E-state index contributed by atoms with van der Waals surface area (Å²) in [5, 5.41) is 0. The highest BCUT2D eigenvalue weighted by Crippen LogP contribution is 2.25. The molecule has 0 aliphatic carbocycles. The van der Waals surface area contributed by atoms with E-state index in [-0.39, 0.29) is 26.0 Å². The molecule has 2 unspecified atom stereocenters. The van der Waals surface area contributed by atoms with Crippen molar-refractivity contribution in [2.24, 2.45) is 5.92 Å². The lowest BCUT2D eigenvalue weighted by Gasteiger charge is -2.35. The fourth-order valence-electron chi connectivity index (χ4n) is 2.12. The van der Waals surface area contributed by atoms with E-state index in [1.54, 1.807) is 27.7 Å². The predicted molar refractivity (Wildman–Crippen MR) is 72.1 cm³/mol. The van der Waals surface area contributed by atoms with E-state index in [1.165, 1.54) is 4.90 Å². The molecule has 1 amide bonds. The lowest BCUT2D eigenvalue weighted by Crippen LogP contribution is -2.47. The molecule has 1 saturated heterocycles. The standard InChI is InChI=1S/C14H24FNO4/c1-5-19-12(17)8-10-9-16(7-6-11(10)15)13(18)20-14(2,3)4/h10-11H,5-9H2,1-4H3. The van der Waals surface area contributed by atoms with Gasteiger partial charge in [0.1, 0.15) is 11.8 Å². The molecule has 0 saturated carbocycles. The summed E-state index contributed by atoms with van der Waals surface area (Å²) in [5.74, 6) is -0.943. The van der Waals surface area contributed by atoms with Crippen molar-refractivity contribution in [3.05, 3.63) is 0 Å². The minimum absolute atomic E-state index is 0.00565. The number of halogens is 1. The lowest BCUT2D eigenvalue weighted by molar-refractivity contribution is -0.145. The largest absolute Gasteiger partial charge is 0.466 e. The number of rotatable bonds is 3. The number of alkyl halides is 1. The predicted octanol–water partition coefficient (Wildman–Crippen LogP) is 2.53. The van der Waals surface area contributed by atoms with E-state index in [0.29, 0.717) is 6.54 Å². The molecule has 20 heavy (non-hydrogen) atoms. The van der Waals surface area contributed by atoms with E-state index in [1.807, 2.05) is 0 Å². The number of carbonyl (C=O) groups excluding carboxylic acids is 2. The highest BCUT2D eigenvalue weighted by molar-refractivity contribution is 5.71. The van der Waals surface area contributed by atoms with Crippen LogP contribution in [0, 0.1) is 5.92 Å². The van der Waals surface area contributed by atoms with Crippen molar-refractivity contribution in [2.45, 2.75) is 52.3 Å². The smallest absolute Gasteiger partial charge is 0.410 e. The van der Waals surface area contributed by atoms with E-state index in [9.17, 15) is 14.0 Å². The lowest BCUT2D eigenvalue weighted by atomic mass is 9.93. The Labute approximate surface area is 119 Å². The van der Waals surface area contributed by atoms with Gasteiger partial charge in [0.05, 0.1) is 13.0 Å². The maximum atomic E-state index is 13.8. The molecular formula is C14H24FNO4. The number of hydrogen-bond acceptors (Lipinski definition) is 4. The Morgan fingerprint density at radius 1 is 1.35 bits per heavy atom. The molecule has 1 aliphatic heterocycles. The zero-order chi connectivity index (χ0) is 15.3. The molecule has 0 bridgehead atoms. The second kappa shape index (κ2) is 6.90. The third-order valence-electron chi connectivity index (χ3n) is 3.03. The first-order valence-corrected chi connectivity index (χ1v) is 7.00. The molecule has 6 heteroatoms. The molecule has 0 aromatic rings. The van der Waals surface area contributed by atoms with E-state index in [4.69, 9.17) is 9.47 Å². The Kier molecular flexibility index (Phi) is 5.77. The highest BCUT2D eigenvalue weighted by atomic mass is 19.1. The van der Waals surface area contributed by atoms with Crippen molar-refractivity contribution < 1.29 is 23.5 Å². The molecule has 0 N–H and O–H groups in total. The molecule has 116 valence electrons. The summed E-state index contributed by atoms with van der Waals surface area (Å²) in [6, 6.07) is 0. The van der Waals surface area contributed by atoms with Crippen molar-refractivity contribution in [1.29, 1.82) is 0 Å². The van der Waals surface area contributed by atoms with Gasteiger partial charge in [-0.25, -0.2) is 9.18 Å². The van der Waals surface area contributed by atoms with Crippen molar-refractivity contribution >= 4 is 12.1 Å². The van der Waals surface area contributed by atoms with Gasteiger partial charge < -0.3 is 14.4 Å². The number of nitrogens with zero attached hydrogens (tertiary/aromatic N) is 1. The van der Waals surface area contributed by atoms with Crippen LogP contribution in [-0.2, 0) is 14.3 Å². The summed E-state index contributed by atoms with van der Waals surface area (Å²) >= 11 is 0. The SMILES string of the molecule is CCOC(=O)CC1CN(C(=O)OC(C)(C)C)CCC1F. The Morgan fingerprint density at radius 3 is 2.55 bits per heavy atom. The van der Waals surface area contributed by atoms with E-state index in [0.717, 1.165) is 0 Å². The number of ether oxygens (including phenoxy) is 2. The molecule has 0 aromatic heterocycles. The quantitative estimate of drug-likeness (QED) is 0.749. The first-order valence-electron chi connectivity index (χ1n) is 7.00. The van der Waals surface area contributed by atoms with Gasteiger partial charge in [-0.3, -0.25) is 4.79 Å². The number of likely N-dealkylation sites (tertiary alicyclic amines) is 1. The van der Waals surface area contributed by atoms with Gasteiger partial charge in [-0.1, -0.05) is 0 Å². The fourth-order valence-corrected chi connectivity index (χ4v) is 2.12. The highest BCUT2D eigenvalue weighted by Gasteiger charge is 2.34. The van der Waals surface area contributed by atoms with Crippen molar-refractivity contribution in [3.63, 3.8) is 0 Å². The van der Waals surface area contributed by atoms with Crippen LogP contribution < -0.4 is 0 Å². The number of piperidine rings is 1. The Bertz CT molecular complexity index is 354. The zero-order valence-corrected chi connectivity index (χ0v) is 12.6. The van der Waals surface area contributed by atoms with Crippen molar-refractivity contribution in [3.8, 4) is 0 Å². The minimum Gasteiger partial charge on any atom is -0.466 e. The molecule has 2 atom stereocenters. The minimum atomic E-state index is -1.09. The molecule has 5 nitrogen and oxygen atoms in total. The van der Waals surface area contributed by atoms with Crippen LogP contribution in [0.2, 0.25) is 0 Å². The molecule has 1 rings (SSSR count). The second-order valence-electron chi connectivity index (χ2n) is 6.00. The normalized spacial score (nSPS) is 23.4. The first-order chi connectivity index (χ1) is 9.23. The molecule has 1 fully saturated rings. The topological polar surface area (TPSA) is 55.8 Å². The van der Waals surface area contributed by atoms with Gasteiger partial charge in [0, 0.05) is 19.0 Å². The van der Waals surface area contributed by atoms with Crippen LogP contribution in [0.5, 0.6) is 0 Å². The van der Waals surface area contributed by atoms with Crippen molar-refractivity contribution in [2.75, 3.05) is 19.7 Å². The molecule has 0 aromatic carbocycles. The van der Waals surface area contributed by atoms with Crippen molar-refractivity contribution in [1.82, 2.24) is 4.90 Å². The van der Waals surface area contributed by atoms with Gasteiger partial charge in [-0.2, -0.15) is 0 Å². The molecule has 1 heterocycles. The van der Waals surface area contributed by atoms with E-state index < -0.39 is 29.8 Å². The van der Waals surface area contributed by atoms with Gasteiger partial charge in [-0.05, 0) is 34.1 Å². The Balaban J connectivity index is 2.56. The van der Waals surface area contributed by atoms with Gasteiger partial charge in [-0.15, -0.1) is 0 Å². The van der Waals surface area contributed by atoms with E-state index >= 15 is 0 Å². The Morgan fingerprint density at radius 2 is 2.00 bits per heavy atom. The fraction of sp³-hybridized carbons (Fsp3) is 0.857. The summed E-state index contributed by atoms with van der Waals surface area (Å²) in [6.07, 6.45) is -1.33. The zero-order valence-electron chi connectivity index (χ0n) is 12.6. The molecule has 1 aliphatic rings. The van der Waals surface area contributed by atoms with Gasteiger partial charge in [0.25, 0.3) is 0 Å². The maximum absolute atomic E-state index is 13.8. The van der Waals surface area contributed by atoms with Gasteiger partial charge >= 0.3 is 12.1 Å².